The summed E-state index contributed by atoms with van der Waals surface area (Å²) in [6.45, 7) is 3.74. The summed E-state index contributed by atoms with van der Waals surface area (Å²) in [6.07, 6.45) is -0.387. The highest BCUT2D eigenvalue weighted by Gasteiger charge is 2.37. The normalized spacial score (nSPS) is 17.4. The first-order valence-electron chi connectivity index (χ1n) is 12.5. The first kappa shape index (κ1) is 27.5. The van der Waals surface area contributed by atoms with E-state index in [1.54, 1.807) is 54.6 Å². The van der Waals surface area contributed by atoms with Gasteiger partial charge in [0.25, 0.3) is 0 Å². The molecule has 4 rings (SSSR count). The van der Waals surface area contributed by atoms with Crippen LogP contribution in [0.15, 0.2) is 36.4 Å². The summed E-state index contributed by atoms with van der Waals surface area (Å²) in [4.78, 5) is 0. The molecule has 7 nitrogen and oxygen atoms in total. The van der Waals surface area contributed by atoms with Crippen molar-refractivity contribution in [3.63, 3.8) is 0 Å². The molecule has 38 heavy (non-hydrogen) atoms. The van der Waals surface area contributed by atoms with Gasteiger partial charge in [-0.25, -0.2) is 4.39 Å². The van der Waals surface area contributed by atoms with Gasteiger partial charge in [0.2, 0.25) is 5.75 Å². The number of hydrogen-bond acceptors (Lipinski definition) is 7. The Morgan fingerprint density at radius 1 is 0.895 bits per heavy atom. The van der Waals surface area contributed by atoms with Crippen LogP contribution in [-0.4, -0.2) is 52.9 Å². The third kappa shape index (κ3) is 4.98. The lowest BCUT2D eigenvalue weighted by Crippen LogP contribution is -2.26. The average molecular weight is 527 g/mol. The van der Waals surface area contributed by atoms with Crippen LogP contribution in [0.1, 0.15) is 42.2 Å². The average Bonchev–Trinajstić information content (AvgIpc) is 2.91. The molecule has 0 amide bonds. The fraction of sp³-hybridized carbons (Fsp3) is 0.400. The number of ether oxygens (including phenoxy) is 6. The number of aliphatic hydroxyl groups is 1. The highest BCUT2D eigenvalue weighted by Crippen LogP contribution is 2.56. The highest BCUT2D eigenvalue weighted by atomic mass is 19.1. The van der Waals surface area contributed by atoms with Gasteiger partial charge in [-0.05, 0) is 73.2 Å². The zero-order valence-electron chi connectivity index (χ0n) is 22.9. The third-order valence-corrected chi connectivity index (χ3v) is 6.81. The molecule has 0 spiro atoms. The van der Waals surface area contributed by atoms with Crippen molar-refractivity contribution >= 4 is 0 Å². The fourth-order valence-electron chi connectivity index (χ4n) is 5.26. The molecule has 3 aromatic rings. The van der Waals surface area contributed by atoms with E-state index in [4.69, 9.17) is 28.4 Å². The molecule has 3 aromatic carbocycles. The fourth-order valence-corrected chi connectivity index (χ4v) is 5.26. The molecule has 0 aromatic heterocycles. The second kappa shape index (κ2) is 11.5. The maximum atomic E-state index is 13.8. The van der Waals surface area contributed by atoms with Crippen LogP contribution in [0.2, 0.25) is 0 Å². The lowest BCUT2D eigenvalue weighted by Gasteiger charge is -2.35. The Bertz CT molecular complexity index is 1290. The van der Waals surface area contributed by atoms with Crippen molar-refractivity contribution < 1.29 is 37.9 Å². The van der Waals surface area contributed by atoms with Crippen molar-refractivity contribution in [2.45, 2.75) is 45.0 Å². The van der Waals surface area contributed by atoms with Crippen molar-refractivity contribution in [2.75, 3.05) is 35.5 Å². The van der Waals surface area contributed by atoms with Crippen LogP contribution in [0.5, 0.6) is 28.7 Å². The Labute approximate surface area is 223 Å². The smallest absolute Gasteiger partial charge is 0.204 e. The molecule has 1 aliphatic rings. The van der Waals surface area contributed by atoms with Crippen LogP contribution < -0.4 is 23.7 Å². The van der Waals surface area contributed by atoms with E-state index >= 15 is 0 Å². The quantitative estimate of drug-likeness (QED) is 0.394. The predicted octanol–water partition coefficient (Wildman–Crippen LogP) is 5.51. The van der Waals surface area contributed by atoms with Crippen molar-refractivity contribution in [3.8, 4) is 39.9 Å². The molecule has 0 saturated carbocycles. The van der Waals surface area contributed by atoms with Gasteiger partial charge in [-0.1, -0.05) is 12.1 Å². The lowest BCUT2D eigenvalue weighted by molar-refractivity contribution is 0.00573. The monoisotopic (exact) mass is 526 g/mol. The van der Waals surface area contributed by atoms with Gasteiger partial charge in [0.1, 0.15) is 11.9 Å². The summed E-state index contributed by atoms with van der Waals surface area (Å²) in [7, 11) is 7.88. The van der Waals surface area contributed by atoms with Crippen LogP contribution in [0.4, 0.5) is 4.39 Å². The van der Waals surface area contributed by atoms with Crippen LogP contribution in [0, 0.1) is 5.82 Å². The third-order valence-electron chi connectivity index (χ3n) is 6.81. The van der Waals surface area contributed by atoms with Crippen molar-refractivity contribution in [1.82, 2.24) is 0 Å². The van der Waals surface area contributed by atoms with Gasteiger partial charge >= 0.3 is 0 Å². The lowest BCUT2D eigenvalue weighted by atomic mass is 9.82. The van der Waals surface area contributed by atoms with E-state index in [1.807, 2.05) is 19.1 Å². The molecular weight excluding hydrogens is 491 g/mol. The van der Waals surface area contributed by atoms with Gasteiger partial charge in [-0.3, -0.25) is 0 Å². The minimum atomic E-state index is -0.608. The van der Waals surface area contributed by atoms with Gasteiger partial charge in [0, 0.05) is 11.1 Å². The van der Waals surface area contributed by atoms with Crippen LogP contribution in [0.3, 0.4) is 0 Å². The summed E-state index contributed by atoms with van der Waals surface area (Å²) in [5, 5.41) is 10.4. The molecule has 8 heteroatoms. The SMILES string of the molecule is COc1cc(C[C@H](C)O)c(-c2c3c(c(OC)c(OC)c2OC)[C@H](c2ccc(F)cc2)O[C@@H](C)C3)cc1OC. The number of hydrogen-bond donors (Lipinski definition) is 1. The van der Waals surface area contributed by atoms with E-state index in [2.05, 4.69) is 0 Å². The topological polar surface area (TPSA) is 75.6 Å². The van der Waals surface area contributed by atoms with Crippen molar-refractivity contribution in [3.05, 3.63) is 64.5 Å². The molecule has 1 aliphatic heterocycles. The maximum absolute atomic E-state index is 13.8. The summed E-state index contributed by atoms with van der Waals surface area (Å²) in [5.74, 6) is 2.16. The molecule has 0 saturated heterocycles. The Hall–Kier alpha value is -3.49. The molecule has 1 N–H and O–H groups in total. The predicted molar refractivity (Wildman–Crippen MR) is 143 cm³/mol. The molecule has 0 fully saturated rings. The molecule has 0 bridgehead atoms. The molecule has 0 aliphatic carbocycles. The largest absolute Gasteiger partial charge is 0.493 e. The summed E-state index contributed by atoms with van der Waals surface area (Å²) < 4.78 is 49.2. The van der Waals surface area contributed by atoms with Gasteiger partial charge in [-0.15, -0.1) is 0 Å². The maximum Gasteiger partial charge on any atom is 0.204 e. The number of aliphatic hydroxyl groups excluding tert-OH is 1. The van der Waals surface area contributed by atoms with E-state index < -0.39 is 12.2 Å². The first-order valence-corrected chi connectivity index (χ1v) is 12.5. The molecule has 0 unspecified atom stereocenters. The van der Waals surface area contributed by atoms with Crippen LogP contribution >= 0.6 is 0 Å². The standard InChI is InChI=1S/C30H35FO7/c1-16(32)12-19-14-23(33-3)24(34-4)15-21(19)25-22-13-17(2)38-27(18-8-10-20(31)11-9-18)26(22)29(36-6)30(37-7)28(25)35-5/h8-11,14-17,27,32H,12-13H2,1-7H3/t16-,17-,27-/m0/s1. The molecular formula is C30H35FO7. The van der Waals surface area contributed by atoms with Gasteiger partial charge < -0.3 is 33.5 Å². The van der Waals surface area contributed by atoms with Crippen molar-refractivity contribution in [1.29, 1.82) is 0 Å². The van der Waals surface area contributed by atoms with Gasteiger partial charge in [0.15, 0.2) is 23.0 Å². The van der Waals surface area contributed by atoms with E-state index in [0.29, 0.717) is 41.6 Å². The van der Waals surface area contributed by atoms with E-state index in [0.717, 1.165) is 33.4 Å². The van der Waals surface area contributed by atoms with Crippen molar-refractivity contribution in [2.24, 2.45) is 0 Å². The summed E-state index contributed by atoms with van der Waals surface area (Å²) in [5.41, 5.74) is 4.97. The second-order valence-corrected chi connectivity index (χ2v) is 9.37. The minimum absolute atomic E-state index is 0.167. The van der Waals surface area contributed by atoms with E-state index in [9.17, 15) is 9.50 Å². The molecule has 0 radical (unpaired) electrons. The highest BCUT2D eigenvalue weighted by molar-refractivity contribution is 5.85. The van der Waals surface area contributed by atoms with E-state index in [1.165, 1.54) is 12.1 Å². The number of fused-ring (bicyclic) bond motifs is 1. The Morgan fingerprint density at radius 2 is 1.50 bits per heavy atom. The number of halogens is 1. The Kier molecular flexibility index (Phi) is 8.33. The van der Waals surface area contributed by atoms with Crippen LogP contribution in [0.25, 0.3) is 11.1 Å². The summed E-state index contributed by atoms with van der Waals surface area (Å²) >= 11 is 0. The Balaban J connectivity index is 2.14. The van der Waals surface area contributed by atoms with E-state index in [-0.39, 0.29) is 11.9 Å². The zero-order chi connectivity index (χ0) is 27.6. The van der Waals surface area contributed by atoms with Crippen LogP contribution in [-0.2, 0) is 17.6 Å². The zero-order valence-corrected chi connectivity index (χ0v) is 22.9. The second-order valence-electron chi connectivity index (χ2n) is 9.37. The summed E-state index contributed by atoms with van der Waals surface area (Å²) in [6, 6.07) is 10.0. The molecule has 204 valence electrons. The first-order chi connectivity index (χ1) is 18.3. The van der Waals surface area contributed by atoms with Gasteiger partial charge in [0.05, 0.1) is 47.8 Å². The number of methoxy groups -OCH3 is 5. The number of benzene rings is 3. The molecule has 1 heterocycles. The minimum Gasteiger partial charge on any atom is -0.493 e. The Morgan fingerprint density at radius 3 is 2.05 bits per heavy atom. The van der Waals surface area contributed by atoms with Gasteiger partial charge in [-0.2, -0.15) is 0 Å². The molecule has 3 atom stereocenters. The number of rotatable bonds is 9.